The van der Waals surface area contributed by atoms with Gasteiger partial charge in [-0.1, -0.05) is 24.3 Å². The molecule has 166 valence electrons. The van der Waals surface area contributed by atoms with Gasteiger partial charge in [0.05, 0.1) is 20.8 Å². The summed E-state index contributed by atoms with van der Waals surface area (Å²) in [6, 6.07) is 16.2. The molecule has 0 fully saturated rings. The van der Waals surface area contributed by atoms with Crippen LogP contribution in [0.15, 0.2) is 52.9 Å². The Morgan fingerprint density at radius 3 is 2.38 bits per heavy atom. The molecule has 6 nitrogen and oxygen atoms in total. The zero-order chi connectivity index (χ0) is 22.1. The van der Waals surface area contributed by atoms with Crippen molar-refractivity contribution in [3.63, 3.8) is 0 Å². The van der Waals surface area contributed by atoms with Crippen LogP contribution in [0.5, 0.6) is 11.5 Å². The number of hydrogen-bond acceptors (Lipinski definition) is 5. The summed E-state index contributed by atoms with van der Waals surface area (Å²) in [5.41, 5.74) is 5.08. The maximum atomic E-state index is 13.0. The number of fused-ring (bicyclic) bond motifs is 2. The lowest BCUT2D eigenvalue weighted by molar-refractivity contribution is 0.0698. The van der Waals surface area contributed by atoms with E-state index >= 15 is 0 Å². The summed E-state index contributed by atoms with van der Waals surface area (Å²) in [5, 5.41) is 0. The van der Waals surface area contributed by atoms with Crippen LogP contribution in [0.25, 0.3) is 0 Å². The fourth-order valence-electron chi connectivity index (χ4n) is 4.70. The molecule has 0 saturated heterocycles. The molecule has 0 spiro atoms. The van der Waals surface area contributed by atoms with Crippen molar-refractivity contribution >= 4 is 5.91 Å². The van der Waals surface area contributed by atoms with Gasteiger partial charge in [-0.3, -0.25) is 9.69 Å². The number of ether oxygens (including phenoxy) is 2. The van der Waals surface area contributed by atoms with Crippen LogP contribution < -0.4 is 9.47 Å². The van der Waals surface area contributed by atoms with Crippen LogP contribution in [0.4, 0.5) is 0 Å². The molecule has 2 aliphatic heterocycles. The number of methoxy groups -OCH3 is 2. The molecular formula is C26H28N2O4. The predicted octanol–water partition coefficient (Wildman–Crippen LogP) is 4.05. The minimum atomic E-state index is -0.0356. The summed E-state index contributed by atoms with van der Waals surface area (Å²) in [5.74, 6) is 2.72. The lowest BCUT2D eigenvalue weighted by Gasteiger charge is -2.29. The molecular weight excluding hydrogens is 404 g/mol. The quantitative estimate of drug-likeness (QED) is 0.609. The summed E-state index contributed by atoms with van der Waals surface area (Å²) >= 11 is 0. The Bertz CT molecular complexity index is 1140. The van der Waals surface area contributed by atoms with E-state index < -0.39 is 0 Å². The molecule has 0 unspecified atom stereocenters. The van der Waals surface area contributed by atoms with Crippen molar-refractivity contribution in [3.8, 4) is 11.5 Å². The van der Waals surface area contributed by atoms with Crippen molar-refractivity contribution in [2.24, 2.45) is 0 Å². The van der Waals surface area contributed by atoms with Crippen LogP contribution in [0.1, 0.15) is 38.6 Å². The number of amides is 1. The summed E-state index contributed by atoms with van der Waals surface area (Å²) in [7, 11) is 3.32. The first kappa shape index (κ1) is 20.6. The first-order chi connectivity index (χ1) is 15.6. The Hall–Kier alpha value is -3.25. The molecule has 1 amide bonds. The number of benzene rings is 2. The molecule has 2 aromatic carbocycles. The van der Waals surface area contributed by atoms with Gasteiger partial charge in [-0.05, 0) is 59.4 Å². The highest BCUT2D eigenvalue weighted by Crippen LogP contribution is 2.33. The van der Waals surface area contributed by atoms with E-state index in [0.29, 0.717) is 18.8 Å². The SMILES string of the molecule is COc1cc2c(cc1OC)CN(Cc1ccc(C(=O)N3CCc4ccccc4C3)o1)CC2. The first-order valence-corrected chi connectivity index (χ1v) is 11.1. The topological polar surface area (TPSA) is 55.2 Å². The molecule has 0 atom stereocenters. The molecule has 0 radical (unpaired) electrons. The van der Waals surface area contributed by atoms with Crippen LogP contribution in [0.3, 0.4) is 0 Å². The molecule has 32 heavy (non-hydrogen) atoms. The fraction of sp³-hybridized carbons (Fsp3) is 0.346. The van der Waals surface area contributed by atoms with Gasteiger partial charge in [0.25, 0.3) is 5.91 Å². The smallest absolute Gasteiger partial charge is 0.289 e. The van der Waals surface area contributed by atoms with E-state index in [9.17, 15) is 4.79 Å². The summed E-state index contributed by atoms with van der Waals surface area (Å²) < 4.78 is 16.9. The largest absolute Gasteiger partial charge is 0.493 e. The normalized spacial score (nSPS) is 15.8. The molecule has 0 aliphatic carbocycles. The van der Waals surface area contributed by atoms with Crippen LogP contribution in [-0.4, -0.2) is 43.0 Å². The van der Waals surface area contributed by atoms with Gasteiger partial charge in [0.15, 0.2) is 17.3 Å². The van der Waals surface area contributed by atoms with E-state index in [1.807, 2.05) is 23.1 Å². The van der Waals surface area contributed by atoms with Crippen molar-refractivity contribution in [2.75, 3.05) is 27.3 Å². The van der Waals surface area contributed by atoms with Gasteiger partial charge >= 0.3 is 0 Å². The van der Waals surface area contributed by atoms with Gasteiger partial charge in [0.2, 0.25) is 0 Å². The van der Waals surface area contributed by atoms with Gasteiger partial charge in [-0.2, -0.15) is 0 Å². The van der Waals surface area contributed by atoms with Crippen LogP contribution in [-0.2, 0) is 32.5 Å². The number of furan rings is 1. The van der Waals surface area contributed by atoms with Crippen molar-refractivity contribution in [3.05, 3.63) is 82.3 Å². The second kappa shape index (κ2) is 8.71. The monoisotopic (exact) mass is 432 g/mol. The number of rotatable bonds is 5. The first-order valence-electron chi connectivity index (χ1n) is 11.1. The van der Waals surface area contributed by atoms with Crippen molar-refractivity contribution in [1.82, 2.24) is 9.80 Å². The predicted molar refractivity (Wildman–Crippen MR) is 121 cm³/mol. The van der Waals surface area contributed by atoms with Crippen LogP contribution in [0, 0.1) is 0 Å². The number of hydrogen-bond donors (Lipinski definition) is 0. The molecule has 0 N–H and O–H groups in total. The molecule has 6 heteroatoms. The second-order valence-electron chi connectivity index (χ2n) is 8.45. The lowest BCUT2D eigenvalue weighted by atomic mass is 9.98. The Labute approximate surface area is 188 Å². The third kappa shape index (κ3) is 3.98. The molecule has 5 rings (SSSR count). The van der Waals surface area contributed by atoms with E-state index in [1.54, 1.807) is 14.2 Å². The highest BCUT2D eigenvalue weighted by atomic mass is 16.5. The molecule has 0 bridgehead atoms. The maximum absolute atomic E-state index is 13.0. The van der Waals surface area contributed by atoms with Crippen LogP contribution >= 0.6 is 0 Å². The van der Waals surface area contributed by atoms with Crippen LogP contribution in [0.2, 0.25) is 0 Å². The minimum Gasteiger partial charge on any atom is -0.493 e. The third-order valence-electron chi connectivity index (χ3n) is 6.47. The van der Waals surface area contributed by atoms with E-state index in [4.69, 9.17) is 13.9 Å². The standard InChI is InChI=1S/C26H28N2O4/c1-30-24-13-19-9-11-27(15-21(19)14-25(24)31-2)17-22-7-8-23(32-22)26(29)28-12-10-18-5-3-4-6-20(18)16-28/h3-8,13-14H,9-12,15-17H2,1-2H3. The molecule has 3 heterocycles. The summed E-state index contributed by atoms with van der Waals surface area (Å²) in [6.45, 7) is 3.77. The van der Waals surface area contributed by atoms with E-state index in [-0.39, 0.29) is 5.91 Å². The van der Waals surface area contributed by atoms with Crippen molar-refractivity contribution < 1.29 is 18.7 Å². The Morgan fingerprint density at radius 1 is 0.875 bits per heavy atom. The maximum Gasteiger partial charge on any atom is 0.289 e. The van der Waals surface area contributed by atoms with E-state index in [2.05, 4.69) is 35.2 Å². The third-order valence-corrected chi connectivity index (χ3v) is 6.47. The highest BCUT2D eigenvalue weighted by molar-refractivity contribution is 5.91. The van der Waals surface area contributed by atoms with E-state index in [0.717, 1.165) is 49.7 Å². The summed E-state index contributed by atoms with van der Waals surface area (Å²) in [6.07, 6.45) is 1.83. The average molecular weight is 433 g/mol. The van der Waals surface area contributed by atoms with E-state index in [1.165, 1.54) is 22.3 Å². The molecule has 2 aliphatic rings. The van der Waals surface area contributed by atoms with Gasteiger partial charge in [-0.25, -0.2) is 0 Å². The molecule has 3 aromatic rings. The average Bonchev–Trinajstić information content (AvgIpc) is 3.30. The van der Waals surface area contributed by atoms with Crippen molar-refractivity contribution in [1.29, 1.82) is 0 Å². The Morgan fingerprint density at radius 2 is 1.59 bits per heavy atom. The van der Waals surface area contributed by atoms with Gasteiger partial charge < -0.3 is 18.8 Å². The highest BCUT2D eigenvalue weighted by Gasteiger charge is 2.25. The van der Waals surface area contributed by atoms with Gasteiger partial charge in [-0.15, -0.1) is 0 Å². The molecule has 0 saturated carbocycles. The fourth-order valence-corrected chi connectivity index (χ4v) is 4.70. The van der Waals surface area contributed by atoms with Gasteiger partial charge in [0.1, 0.15) is 5.76 Å². The lowest BCUT2D eigenvalue weighted by Crippen LogP contribution is -2.35. The Kier molecular flexibility index (Phi) is 5.62. The van der Waals surface area contributed by atoms with Gasteiger partial charge in [0, 0.05) is 26.2 Å². The molecule has 1 aromatic heterocycles. The summed E-state index contributed by atoms with van der Waals surface area (Å²) in [4.78, 5) is 17.2. The van der Waals surface area contributed by atoms with Crippen molar-refractivity contribution in [2.45, 2.75) is 32.5 Å². The zero-order valence-corrected chi connectivity index (χ0v) is 18.6. The second-order valence-corrected chi connectivity index (χ2v) is 8.45. The zero-order valence-electron chi connectivity index (χ0n) is 18.6. The minimum absolute atomic E-state index is 0.0356. The number of nitrogens with zero attached hydrogens (tertiary/aromatic N) is 2. The number of carbonyl (C=O) groups is 1. The Balaban J connectivity index is 1.25. The number of carbonyl (C=O) groups excluding carboxylic acids is 1.